The highest BCUT2D eigenvalue weighted by Crippen LogP contribution is 2.23. The number of piperidine rings is 1. The van der Waals surface area contributed by atoms with Crippen LogP contribution >= 0.6 is 0 Å². The Balaban J connectivity index is 1.97. The first kappa shape index (κ1) is 16.9. The van der Waals surface area contributed by atoms with Gasteiger partial charge in [0.15, 0.2) is 0 Å². The number of ether oxygens (including phenoxy) is 1. The lowest BCUT2D eigenvalue weighted by Gasteiger charge is -2.39. The van der Waals surface area contributed by atoms with Gasteiger partial charge in [-0.25, -0.2) is 0 Å². The number of nitrogens with zero attached hydrogens (tertiary/aromatic N) is 1. The molecule has 0 radical (unpaired) electrons. The molecular weight excluding hydrogens is 236 g/mol. The Morgan fingerprint density at radius 3 is 2.68 bits per heavy atom. The van der Waals surface area contributed by atoms with Crippen LogP contribution in [0.25, 0.3) is 0 Å². The average molecular weight is 270 g/mol. The third-order valence-corrected chi connectivity index (χ3v) is 4.24. The van der Waals surface area contributed by atoms with Gasteiger partial charge >= 0.3 is 0 Å². The molecule has 0 aromatic rings. The molecule has 1 fully saturated rings. The summed E-state index contributed by atoms with van der Waals surface area (Å²) in [4.78, 5) is 2.59. The van der Waals surface area contributed by atoms with E-state index in [1.54, 1.807) is 0 Å². The van der Waals surface area contributed by atoms with E-state index in [-0.39, 0.29) is 5.60 Å². The van der Waals surface area contributed by atoms with Crippen LogP contribution in [0.15, 0.2) is 0 Å². The monoisotopic (exact) mass is 270 g/mol. The summed E-state index contributed by atoms with van der Waals surface area (Å²) < 4.78 is 5.64. The lowest BCUT2D eigenvalue weighted by atomic mass is 9.94. The molecule has 0 aromatic carbocycles. The van der Waals surface area contributed by atoms with E-state index < -0.39 is 0 Å². The Labute approximate surface area is 120 Å². The summed E-state index contributed by atoms with van der Waals surface area (Å²) in [6, 6.07) is 0. The van der Waals surface area contributed by atoms with Crippen molar-refractivity contribution >= 4 is 0 Å². The topological polar surface area (TPSA) is 24.5 Å². The van der Waals surface area contributed by atoms with Gasteiger partial charge in [0.1, 0.15) is 0 Å². The predicted molar refractivity (Wildman–Crippen MR) is 82.7 cm³/mol. The molecule has 1 aliphatic heterocycles. The van der Waals surface area contributed by atoms with Crippen LogP contribution in [0.2, 0.25) is 0 Å². The van der Waals surface area contributed by atoms with E-state index in [2.05, 4.69) is 24.1 Å². The molecule has 3 heteroatoms. The molecule has 1 aliphatic rings. The van der Waals surface area contributed by atoms with Gasteiger partial charge in [-0.1, -0.05) is 19.8 Å². The number of rotatable bonds is 10. The van der Waals surface area contributed by atoms with Gasteiger partial charge in [0.25, 0.3) is 0 Å². The number of likely N-dealkylation sites (tertiary alicyclic amines) is 1. The van der Waals surface area contributed by atoms with Gasteiger partial charge in [-0.05, 0) is 65.2 Å². The molecule has 1 saturated heterocycles. The molecule has 0 bridgehead atoms. The van der Waals surface area contributed by atoms with E-state index in [1.807, 2.05) is 7.11 Å². The number of nitrogens with one attached hydrogen (secondary N) is 1. The van der Waals surface area contributed by atoms with Gasteiger partial charge in [0.2, 0.25) is 0 Å². The third-order valence-electron chi connectivity index (χ3n) is 4.24. The maximum atomic E-state index is 5.64. The second-order valence-corrected chi connectivity index (χ2v) is 6.20. The summed E-state index contributed by atoms with van der Waals surface area (Å²) in [5, 5.41) is 3.47. The van der Waals surface area contributed by atoms with Gasteiger partial charge in [0.05, 0.1) is 5.60 Å². The normalized spacial score (nSPS) is 24.8. The first-order chi connectivity index (χ1) is 9.20. The average Bonchev–Trinajstić information content (AvgIpc) is 2.42. The smallest absolute Gasteiger partial charge is 0.0777 e. The van der Waals surface area contributed by atoms with Crippen LogP contribution < -0.4 is 5.32 Å². The standard InChI is InChI=1S/C16H34N2O/c1-4-11-17-12-7-5-6-8-13-18-14-9-10-16(2,15-18)19-3/h17H,4-15H2,1-3H3. The lowest BCUT2D eigenvalue weighted by Crippen LogP contribution is -2.47. The first-order valence-electron chi connectivity index (χ1n) is 8.18. The Bertz CT molecular complexity index is 223. The summed E-state index contributed by atoms with van der Waals surface area (Å²) in [7, 11) is 1.85. The van der Waals surface area contributed by atoms with Crippen molar-refractivity contribution in [1.29, 1.82) is 0 Å². The van der Waals surface area contributed by atoms with Crippen molar-refractivity contribution in [3.05, 3.63) is 0 Å². The molecule has 1 heterocycles. The van der Waals surface area contributed by atoms with E-state index in [0.717, 1.165) is 6.54 Å². The van der Waals surface area contributed by atoms with Crippen molar-refractivity contribution in [2.75, 3.05) is 39.8 Å². The first-order valence-corrected chi connectivity index (χ1v) is 8.18. The molecule has 3 nitrogen and oxygen atoms in total. The Morgan fingerprint density at radius 2 is 1.95 bits per heavy atom. The Morgan fingerprint density at radius 1 is 1.16 bits per heavy atom. The van der Waals surface area contributed by atoms with Crippen molar-refractivity contribution in [2.45, 2.75) is 64.4 Å². The minimum absolute atomic E-state index is 0.0995. The molecule has 114 valence electrons. The fourth-order valence-electron chi connectivity index (χ4n) is 2.91. The molecule has 0 aliphatic carbocycles. The number of unbranched alkanes of at least 4 members (excludes halogenated alkanes) is 3. The molecule has 0 saturated carbocycles. The van der Waals surface area contributed by atoms with Crippen LogP contribution in [0.1, 0.15) is 58.8 Å². The second-order valence-electron chi connectivity index (χ2n) is 6.20. The van der Waals surface area contributed by atoms with E-state index >= 15 is 0 Å². The highest BCUT2D eigenvalue weighted by atomic mass is 16.5. The van der Waals surface area contributed by atoms with E-state index in [9.17, 15) is 0 Å². The highest BCUT2D eigenvalue weighted by molar-refractivity contribution is 4.84. The van der Waals surface area contributed by atoms with E-state index in [1.165, 1.54) is 71.1 Å². The maximum Gasteiger partial charge on any atom is 0.0777 e. The summed E-state index contributed by atoms with van der Waals surface area (Å²) in [5.74, 6) is 0. The van der Waals surface area contributed by atoms with Gasteiger partial charge in [0, 0.05) is 13.7 Å². The summed E-state index contributed by atoms with van der Waals surface area (Å²) in [5.41, 5.74) is 0.0995. The van der Waals surface area contributed by atoms with Gasteiger partial charge in [-0.2, -0.15) is 0 Å². The number of methoxy groups -OCH3 is 1. The fourth-order valence-corrected chi connectivity index (χ4v) is 2.91. The van der Waals surface area contributed by atoms with Crippen LogP contribution in [0.4, 0.5) is 0 Å². The zero-order valence-electron chi connectivity index (χ0n) is 13.3. The minimum atomic E-state index is 0.0995. The van der Waals surface area contributed by atoms with Crippen molar-refractivity contribution < 1.29 is 4.74 Å². The Kier molecular flexibility index (Phi) is 8.67. The lowest BCUT2D eigenvalue weighted by molar-refractivity contribution is -0.0508. The molecule has 0 amide bonds. The molecule has 1 atom stereocenters. The van der Waals surface area contributed by atoms with Crippen LogP contribution in [0.5, 0.6) is 0 Å². The number of hydrogen-bond acceptors (Lipinski definition) is 3. The molecule has 0 spiro atoms. The quantitative estimate of drug-likeness (QED) is 0.618. The molecule has 19 heavy (non-hydrogen) atoms. The van der Waals surface area contributed by atoms with Gasteiger partial charge in [-0.3, -0.25) is 0 Å². The van der Waals surface area contributed by atoms with E-state index in [4.69, 9.17) is 4.74 Å². The van der Waals surface area contributed by atoms with Crippen LogP contribution in [-0.4, -0.2) is 50.3 Å². The zero-order chi connectivity index (χ0) is 14.0. The molecule has 1 unspecified atom stereocenters. The molecule has 0 aromatic heterocycles. The minimum Gasteiger partial charge on any atom is -0.377 e. The van der Waals surface area contributed by atoms with Crippen molar-refractivity contribution in [1.82, 2.24) is 10.2 Å². The molecular formula is C16H34N2O. The highest BCUT2D eigenvalue weighted by Gasteiger charge is 2.30. The summed E-state index contributed by atoms with van der Waals surface area (Å²) in [6.07, 6.45) is 9.14. The van der Waals surface area contributed by atoms with Crippen molar-refractivity contribution in [3.8, 4) is 0 Å². The van der Waals surface area contributed by atoms with E-state index in [0.29, 0.717) is 0 Å². The zero-order valence-corrected chi connectivity index (χ0v) is 13.3. The predicted octanol–water partition coefficient (Wildman–Crippen LogP) is 3.05. The molecule has 1 rings (SSSR count). The van der Waals surface area contributed by atoms with Gasteiger partial charge in [-0.15, -0.1) is 0 Å². The van der Waals surface area contributed by atoms with Crippen molar-refractivity contribution in [2.24, 2.45) is 0 Å². The van der Waals surface area contributed by atoms with Crippen LogP contribution in [0, 0.1) is 0 Å². The summed E-state index contributed by atoms with van der Waals surface area (Å²) in [6.45, 7) is 10.5. The third kappa shape index (κ3) is 7.28. The largest absolute Gasteiger partial charge is 0.377 e. The Hall–Kier alpha value is -0.120. The summed E-state index contributed by atoms with van der Waals surface area (Å²) >= 11 is 0. The maximum absolute atomic E-state index is 5.64. The second kappa shape index (κ2) is 9.73. The van der Waals surface area contributed by atoms with Gasteiger partial charge < -0.3 is 15.0 Å². The van der Waals surface area contributed by atoms with Crippen molar-refractivity contribution in [3.63, 3.8) is 0 Å². The van der Waals surface area contributed by atoms with Crippen LogP contribution in [0.3, 0.4) is 0 Å². The SMILES string of the molecule is CCCNCCCCCCN1CCCC(C)(OC)C1. The van der Waals surface area contributed by atoms with Crippen LogP contribution in [-0.2, 0) is 4.74 Å². The molecule has 1 N–H and O–H groups in total. The number of hydrogen-bond donors (Lipinski definition) is 1. The fraction of sp³-hybridized carbons (Fsp3) is 1.00.